The number of aliphatic hydroxyl groups is 1. The SMILES string of the molecule is CC/C=C\C/C=C\C/C=C\C/C=C\C/C=C\C/C=C\CCC(=O)OCC(COP(=O)(O)OCC(O)COP(=O)(O)OCC(COC(=O)CCCC/C=C\C/C=C\C/C=C\C/C=C\CC)OC(=O)CCCCCCCCCCCCCCC)OC(=O)CCCCCCCCCCCCC. The van der Waals surface area contributed by atoms with Crippen LogP contribution < -0.4 is 0 Å². The molecule has 0 aromatic carbocycles. The van der Waals surface area contributed by atoms with E-state index in [4.69, 9.17) is 37.0 Å². The van der Waals surface area contributed by atoms with Crippen molar-refractivity contribution in [2.45, 2.75) is 316 Å². The normalized spacial score (nSPS) is 14.6. The Hall–Kier alpha value is -4.54. The summed E-state index contributed by atoms with van der Waals surface area (Å²) in [5, 5.41) is 10.6. The number of unbranched alkanes of at least 4 members (excludes halogenated alkanes) is 24. The highest BCUT2D eigenvalue weighted by Crippen LogP contribution is 2.45. The summed E-state index contributed by atoms with van der Waals surface area (Å²) in [5.41, 5.74) is 0. The van der Waals surface area contributed by atoms with Gasteiger partial charge in [-0.25, -0.2) is 9.13 Å². The molecule has 0 heterocycles. The quantitative estimate of drug-likeness (QED) is 0.0169. The van der Waals surface area contributed by atoms with Gasteiger partial charge < -0.3 is 33.8 Å². The second-order valence-corrected chi connectivity index (χ2v) is 27.7. The molecule has 0 aliphatic carbocycles. The van der Waals surface area contributed by atoms with E-state index >= 15 is 0 Å². The lowest BCUT2D eigenvalue weighted by Crippen LogP contribution is -2.30. The van der Waals surface area contributed by atoms with E-state index in [2.05, 4.69) is 131 Å². The minimum atomic E-state index is -4.99. The lowest BCUT2D eigenvalue weighted by Gasteiger charge is -2.21. The Bertz CT molecular complexity index is 2340. The third kappa shape index (κ3) is 69.9. The summed E-state index contributed by atoms with van der Waals surface area (Å²) in [6, 6.07) is 0. The van der Waals surface area contributed by atoms with E-state index in [9.17, 15) is 43.2 Å². The van der Waals surface area contributed by atoms with Crippen molar-refractivity contribution in [3.8, 4) is 0 Å². The molecule has 19 heteroatoms. The van der Waals surface area contributed by atoms with Crippen molar-refractivity contribution in [1.29, 1.82) is 0 Å². The van der Waals surface area contributed by atoms with Crippen molar-refractivity contribution in [2.75, 3.05) is 39.6 Å². The molecule has 0 rings (SSSR count). The predicted octanol–water partition coefficient (Wildman–Crippen LogP) is 21.6. The first-order chi connectivity index (χ1) is 47.7. The number of phosphoric acid groups is 2. The van der Waals surface area contributed by atoms with Gasteiger partial charge in [0.25, 0.3) is 0 Å². The molecular weight excluding hydrogens is 1280 g/mol. The fourth-order valence-electron chi connectivity index (χ4n) is 9.77. The molecule has 0 aliphatic rings. The maximum atomic E-state index is 13.1. The lowest BCUT2D eigenvalue weighted by atomic mass is 10.0. The predicted molar refractivity (Wildman–Crippen MR) is 399 cm³/mol. The van der Waals surface area contributed by atoms with E-state index in [0.29, 0.717) is 32.1 Å². The Kier molecular flexibility index (Phi) is 67.6. The maximum Gasteiger partial charge on any atom is 0.472 e. The van der Waals surface area contributed by atoms with Crippen LogP contribution in [0, 0.1) is 0 Å². The van der Waals surface area contributed by atoms with E-state index in [1.807, 2.05) is 18.2 Å². The van der Waals surface area contributed by atoms with Crippen LogP contribution in [-0.4, -0.2) is 96.7 Å². The molecule has 0 aromatic heterocycles. The smallest absolute Gasteiger partial charge is 0.462 e. The van der Waals surface area contributed by atoms with E-state index in [-0.39, 0.29) is 25.7 Å². The zero-order valence-corrected chi connectivity index (χ0v) is 63.0. The first-order valence-corrected chi connectivity index (χ1v) is 40.8. The third-order valence-corrected chi connectivity index (χ3v) is 17.4. The van der Waals surface area contributed by atoms with Crippen LogP contribution in [0.1, 0.15) is 297 Å². The number of allylic oxidation sites excluding steroid dienone is 20. The molecule has 0 saturated carbocycles. The topological polar surface area (TPSA) is 237 Å². The summed E-state index contributed by atoms with van der Waals surface area (Å²) < 4.78 is 68.3. The van der Waals surface area contributed by atoms with Gasteiger partial charge in [-0.05, 0) is 103 Å². The Morgan fingerprint density at radius 3 is 0.878 bits per heavy atom. The van der Waals surface area contributed by atoms with Gasteiger partial charge in [-0.3, -0.25) is 37.3 Å². The molecule has 5 atom stereocenters. The fourth-order valence-corrected chi connectivity index (χ4v) is 11.3. The van der Waals surface area contributed by atoms with E-state index < -0.39 is 97.5 Å². The highest BCUT2D eigenvalue weighted by Gasteiger charge is 2.30. The molecule has 0 aromatic rings. The number of carbonyl (C=O) groups excluding carboxylic acids is 4. The Balaban J connectivity index is 5.39. The number of carbonyl (C=O) groups is 4. The minimum Gasteiger partial charge on any atom is -0.462 e. The van der Waals surface area contributed by atoms with Crippen LogP contribution in [0.25, 0.3) is 0 Å². The van der Waals surface area contributed by atoms with Gasteiger partial charge in [-0.15, -0.1) is 0 Å². The highest BCUT2D eigenvalue weighted by atomic mass is 31.2. The molecule has 562 valence electrons. The van der Waals surface area contributed by atoms with Gasteiger partial charge in [0.1, 0.15) is 19.3 Å². The van der Waals surface area contributed by atoms with Gasteiger partial charge in [0, 0.05) is 25.7 Å². The molecule has 0 amide bonds. The number of aliphatic hydroxyl groups excluding tert-OH is 1. The van der Waals surface area contributed by atoms with Crippen molar-refractivity contribution in [2.24, 2.45) is 0 Å². The van der Waals surface area contributed by atoms with Gasteiger partial charge in [-0.1, -0.05) is 290 Å². The van der Waals surface area contributed by atoms with Crippen molar-refractivity contribution in [1.82, 2.24) is 0 Å². The van der Waals surface area contributed by atoms with Crippen molar-refractivity contribution >= 4 is 39.5 Å². The third-order valence-electron chi connectivity index (χ3n) is 15.5. The molecule has 17 nitrogen and oxygen atoms in total. The van der Waals surface area contributed by atoms with Crippen molar-refractivity contribution in [3.05, 3.63) is 122 Å². The molecule has 0 bridgehead atoms. The lowest BCUT2D eigenvalue weighted by molar-refractivity contribution is -0.161. The molecule has 3 N–H and O–H groups in total. The van der Waals surface area contributed by atoms with E-state index in [1.165, 1.54) is 89.9 Å². The number of rotatable bonds is 70. The summed E-state index contributed by atoms with van der Waals surface area (Å²) >= 11 is 0. The van der Waals surface area contributed by atoms with Crippen molar-refractivity contribution in [3.63, 3.8) is 0 Å². The zero-order chi connectivity index (χ0) is 71.8. The summed E-state index contributed by atoms with van der Waals surface area (Å²) in [5.74, 6) is -2.31. The first kappa shape index (κ1) is 93.5. The average Bonchev–Trinajstić information content (AvgIpc) is 1.00. The van der Waals surface area contributed by atoms with Crippen LogP contribution in [0.15, 0.2) is 122 Å². The highest BCUT2D eigenvalue weighted by molar-refractivity contribution is 7.47. The average molecular weight is 1420 g/mol. The zero-order valence-electron chi connectivity index (χ0n) is 61.2. The van der Waals surface area contributed by atoms with Crippen LogP contribution >= 0.6 is 15.6 Å². The second kappa shape index (κ2) is 70.9. The Morgan fingerprint density at radius 2 is 0.551 bits per heavy atom. The summed E-state index contributed by atoms with van der Waals surface area (Å²) in [7, 11) is -9.97. The van der Waals surface area contributed by atoms with Crippen LogP contribution in [-0.2, 0) is 65.4 Å². The molecule has 5 unspecified atom stereocenters. The summed E-state index contributed by atoms with van der Waals surface area (Å²) in [6.45, 7) is 4.51. The van der Waals surface area contributed by atoms with Gasteiger partial charge >= 0.3 is 39.5 Å². The number of esters is 4. The second-order valence-electron chi connectivity index (χ2n) is 24.8. The first-order valence-electron chi connectivity index (χ1n) is 37.8. The van der Waals surface area contributed by atoms with E-state index in [1.54, 1.807) is 0 Å². The Morgan fingerprint density at radius 1 is 0.296 bits per heavy atom. The Labute approximate surface area is 593 Å². The number of hydrogen-bond donors (Lipinski definition) is 3. The molecule has 98 heavy (non-hydrogen) atoms. The molecule has 0 aliphatic heterocycles. The fraction of sp³-hybridized carbons (Fsp3) is 0.696. The molecule has 0 spiro atoms. The van der Waals surface area contributed by atoms with Gasteiger partial charge in [0.15, 0.2) is 12.2 Å². The largest absolute Gasteiger partial charge is 0.472 e. The van der Waals surface area contributed by atoms with Crippen LogP contribution in [0.3, 0.4) is 0 Å². The number of ether oxygens (including phenoxy) is 4. The van der Waals surface area contributed by atoms with Crippen molar-refractivity contribution < 1.29 is 80.2 Å². The standard InChI is InChI=1S/C79H134O17P2/c1-5-9-13-17-21-25-29-32-34-35-36-37-39-42-45-48-52-56-60-64-77(82)89-69-74(95-78(83)65-61-57-53-49-43-28-24-20-16-12-8-4)71-93-97(85,86)91-67-73(80)68-92-98(87,88)94-72-75(96-79(84)66-62-58-54-50-46-40-31-27-23-19-15-11-7-3)70-90-76(81)63-59-55-51-47-44-41-38-33-30-26-22-18-14-10-6-2/h9-10,13-14,21-22,25-26,32-34,36-38,42,44-45,47,52,56,73-75,80H,5-8,11-12,15-20,23-24,27-31,35,39-41,43,46,48-51,53-55,57-72H2,1-4H3,(H,85,86)(H,87,88)/b13-9-,14-10-,25-21-,26-22-,34-32-,37-36-,38-33-,45-42-,47-44-,56-52-. The summed E-state index contributed by atoms with van der Waals surface area (Å²) in [6.07, 6.45) is 76.5. The number of hydrogen-bond acceptors (Lipinski definition) is 15. The maximum absolute atomic E-state index is 13.1. The van der Waals surface area contributed by atoms with Crippen LogP contribution in [0.5, 0.6) is 0 Å². The molecule has 0 saturated heterocycles. The van der Waals surface area contributed by atoms with Crippen LogP contribution in [0.2, 0.25) is 0 Å². The molecule has 0 radical (unpaired) electrons. The van der Waals surface area contributed by atoms with Gasteiger partial charge in [-0.2, -0.15) is 0 Å². The molecule has 0 fully saturated rings. The number of phosphoric ester groups is 2. The van der Waals surface area contributed by atoms with Gasteiger partial charge in [0.05, 0.1) is 26.4 Å². The summed E-state index contributed by atoms with van der Waals surface area (Å²) in [4.78, 5) is 72.7. The molecular formula is C79H134O17P2. The van der Waals surface area contributed by atoms with Crippen LogP contribution in [0.4, 0.5) is 0 Å². The van der Waals surface area contributed by atoms with Gasteiger partial charge in [0.2, 0.25) is 0 Å². The van der Waals surface area contributed by atoms with E-state index in [0.717, 1.165) is 122 Å². The minimum absolute atomic E-state index is 0.0355. The monoisotopic (exact) mass is 1420 g/mol.